The normalized spacial score (nSPS) is 15.6. The number of nitrogens with zero attached hydrogens (tertiary/aromatic N) is 4. The van der Waals surface area contributed by atoms with E-state index in [1.165, 1.54) is 0 Å². The summed E-state index contributed by atoms with van der Waals surface area (Å²) < 4.78 is 7.30. The number of H-pyrrole nitrogens is 1. The third-order valence-electron chi connectivity index (χ3n) is 5.31. The molecular formula is C20H29Cl2N7O2. The first-order chi connectivity index (χ1) is 13.9. The minimum absolute atomic E-state index is 0. The molecule has 0 radical (unpaired) electrons. The lowest BCUT2D eigenvalue weighted by molar-refractivity contribution is 0.238. The van der Waals surface area contributed by atoms with Crippen LogP contribution in [0.5, 0.6) is 0 Å². The number of pyridine rings is 1. The zero-order valence-corrected chi connectivity index (χ0v) is 19.5. The molecule has 1 aliphatic rings. The van der Waals surface area contributed by atoms with Crippen molar-refractivity contribution in [3.8, 4) is 0 Å². The monoisotopic (exact) mass is 469 g/mol. The second kappa shape index (κ2) is 9.84. The molecule has 0 spiro atoms. The van der Waals surface area contributed by atoms with Crippen molar-refractivity contribution in [3.05, 3.63) is 52.6 Å². The Morgan fingerprint density at radius 1 is 1.19 bits per heavy atom. The van der Waals surface area contributed by atoms with Gasteiger partial charge in [-0.2, -0.15) is 5.10 Å². The van der Waals surface area contributed by atoms with Crippen molar-refractivity contribution in [2.45, 2.75) is 51.0 Å². The summed E-state index contributed by atoms with van der Waals surface area (Å²) in [5.41, 5.74) is 0.438. The molecule has 0 amide bonds. The van der Waals surface area contributed by atoms with Gasteiger partial charge in [-0.3, -0.25) is 0 Å². The fourth-order valence-electron chi connectivity index (χ4n) is 3.89. The van der Waals surface area contributed by atoms with Crippen LogP contribution < -0.4 is 16.4 Å². The smallest absolute Gasteiger partial charge is 0.392 e. The number of piperidine rings is 1. The Morgan fingerprint density at radius 2 is 1.94 bits per heavy atom. The Hall–Kier alpha value is -2.36. The molecule has 11 heteroatoms. The average Bonchev–Trinajstić information content (AvgIpc) is 3.32. The topological polar surface area (TPSA) is 114 Å². The fraction of sp³-hybridized carbons (Fsp3) is 0.500. The zero-order chi connectivity index (χ0) is 20.5. The van der Waals surface area contributed by atoms with Gasteiger partial charge in [-0.25, -0.2) is 19.6 Å². The number of aromatic nitrogens is 5. The van der Waals surface area contributed by atoms with Gasteiger partial charge < -0.3 is 15.1 Å². The van der Waals surface area contributed by atoms with Gasteiger partial charge in [-0.05, 0) is 58.8 Å². The maximum atomic E-state index is 11.5. The molecule has 0 atom stereocenters. The SMILES string of the molecule is CC(C)(C)n1nccc1Nc1cccc(CC2(c3n[nH]c(=O)o3)CCNCC2)n1.Cl.Cl. The van der Waals surface area contributed by atoms with E-state index in [0.29, 0.717) is 12.3 Å². The Morgan fingerprint density at radius 3 is 2.58 bits per heavy atom. The van der Waals surface area contributed by atoms with Gasteiger partial charge in [-0.1, -0.05) is 6.07 Å². The Balaban J connectivity index is 0.00000171. The van der Waals surface area contributed by atoms with Crippen molar-refractivity contribution < 1.29 is 4.42 Å². The minimum atomic E-state index is -0.517. The maximum Gasteiger partial charge on any atom is 0.434 e. The first-order valence-corrected chi connectivity index (χ1v) is 9.90. The third kappa shape index (κ3) is 5.47. The first kappa shape index (κ1) is 24.9. The minimum Gasteiger partial charge on any atom is -0.392 e. The summed E-state index contributed by atoms with van der Waals surface area (Å²) in [5, 5.41) is 17.7. The van der Waals surface area contributed by atoms with E-state index in [9.17, 15) is 4.79 Å². The molecule has 9 nitrogen and oxygen atoms in total. The van der Waals surface area contributed by atoms with Gasteiger partial charge in [-0.15, -0.1) is 29.9 Å². The van der Waals surface area contributed by atoms with Crippen LogP contribution in [0.4, 0.5) is 11.6 Å². The lowest BCUT2D eigenvalue weighted by Gasteiger charge is -2.34. The third-order valence-corrected chi connectivity index (χ3v) is 5.31. The van der Waals surface area contributed by atoms with Crippen LogP contribution in [0, 0.1) is 0 Å². The molecule has 3 N–H and O–H groups in total. The fourth-order valence-corrected chi connectivity index (χ4v) is 3.89. The van der Waals surface area contributed by atoms with Crippen molar-refractivity contribution in [1.29, 1.82) is 0 Å². The molecule has 1 fully saturated rings. The predicted octanol–water partition coefficient (Wildman–Crippen LogP) is 3.16. The van der Waals surface area contributed by atoms with Gasteiger partial charge in [0, 0.05) is 18.2 Å². The summed E-state index contributed by atoms with van der Waals surface area (Å²) in [6, 6.07) is 7.86. The van der Waals surface area contributed by atoms with Crippen LogP contribution in [-0.4, -0.2) is 38.1 Å². The zero-order valence-electron chi connectivity index (χ0n) is 17.8. The largest absolute Gasteiger partial charge is 0.434 e. The van der Waals surface area contributed by atoms with Crippen LogP contribution in [0.15, 0.2) is 39.7 Å². The molecule has 3 aromatic rings. The molecule has 1 saturated heterocycles. The first-order valence-electron chi connectivity index (χ1n) is 9.90. The number of hydrogen-bond donors (Lipinski definition) is 3. The standard InChI is InChI=1S/C20H27N7O2.2ClH/c1-19(2,3)27-16(7-10-22-27)24-15-6-4-5-14(23-15)13-20(8-11-21-12-9-20)17-25-26-18(28)29-17;;/h4-7,10,21H,8-9,11-13H2,1-3H3,(H,23,24)(H,26,28);2*1H. The number of halogens is 2. The Labute approximate surface area is 193 Å². The van der Waals surface area contributed by atoms with E-state index in [-0.39, 0.29) is 35.8 Å². The van der Waals surface area contributed by atoms with E-state index < -0.39 is 5.76 Å². The van der Waals surface area contributed by atoms with E-state index in [4.69, 9.17) is 9.40 Å². The molecule has 3 aromatic heterocycles. The van der Waals surface area contributed by atoms with Crippen molar-refractivity contribution in [2.75, 3.05) is 18.4 Å². The molecular weight excluding hydrogens is 441 g/mol. The van der Waals surface area contributed by atoms with Crippen LogP contribution in [-0.2, 0) is 17.4 Å². The van der Waals surface area contributed by atoms with E-state index in [0.717, 1.165) is 43.3 Å². The second-order valence-electron chi connectivity index (χ2n) is 8.56. The van der Waals surface area contributed by atoms with E-state index in [2.05, 4.69) is 46.7 Å². The molecule has 0 unspecified atom stereocenters. The van der Waals surface area contributed by atoms with Crippen LogP contribution in [0.3, 0.4) is 0 Å². The second-order valence-corrected chi connectivity index (χ2v) is 8.56. The maximum absolute atomic E-state index is 11.5. The van der Waals surface area contributed by atoms with Gasteiger partial charge in [0.15, 0.2) is 0 Å². The lowest BCUT2D eigenvalue weighted by atomic mass is 9.75. The van der Waals surface area contributed by atoms with Crippen LogP contribution in [0.1, 0.15) is 45.2 Å². The highest BCUT2D eigenvalue weighted by molar-refractivity contribution is 5.85. The molecule has 0 bridgehead atoms. The number of rotatable bonds is 5. The van der Waals surface area contributed by atoms with Crippen molar-refractivity contribution in [2.24, 2.45) is 0 Å². The summed E-state index contributed by atoms with van der Waals surface area (Å²) in [7, 11) is 0. The van der Waals surface area contributed by atoms with Crippen molar-refractivity contribution >= 4 is 36.4 Å². The molecule has 0 aliphatic carbocycles. The Bertz CT molecular complexity index is 1030. The molecule has 1 aliphatic heterocycles. The number of anilines is 2. The molecule has 0 saturated carbocycles. The summed E-state index contributed by atoms with van der Waals surface area (Å²) in [5.74, 6) is 1.59. The number of nitrogens with one attached hydrogen (secondary N) is 3. The van der Waals surface area contributed by atoms with Gasteiger partial charge in [0.25, 0.3) is 0 Å². The quantitative estimate of drug-likeness (QED) is 0.525. The van der Waals surface area contributed by atoms with Gasteiger partial charge in [0.2, 0.25) is 5.89 Å². The number of aromatic amines is 1. The molecule has 4 heterocycles. The van der Waals surface area contributed by atoms with Gasteiger partial charge >= 0.3 is 5.76 Å². The van der Waals surface area contributed by atoms with Gasteiger partial charge in [0.05, 0.1) is 17.2 Å². The highest BCUT2D eigenvalue weighted by atomic mass is 35.5. The highest BCUT2D eigenvalue weighted by Crippen LogP contribution is 2.35. The van der Waals surface area contributed by atoms with E-state index in [1.807, 2.05) is 28.9 Å². The number of hydrogen-bond acceptors (Lipinski definition) is 7. The molecule has 170 valence electrons. The summed E-state index contributed by atoms with van der Waals surface area (Å²) in [6.45, 7) is 8.01. The predicted molar refractivity (Wildman–Crippen MR) is 124 cm³/mol. The van der Waals surface area contributed by atoms with Crippen LogP contribution >= 0.6 is 24.8 Å². The van der Waals surface area contributed by atoms with E-state index >= 15 is 0 Å². The average molecular weight is 470 g/mol. The lowest BCUT2D eigenvalue weighted by Crippen LogP contribution is -2.42. The Kier molecular flexibility index (Phi) is 7.91. The molecule has 0 aromatic carbocycles. The van der Waals surface area contributed by atoms with Crippen LogP contribution in [0.25, 0.3) is 0 Å². The summed E-state index contributed by atoms with van der Waals surface area (Å²) in [4.78, 5) is 16.3. The molecule has 4 rings (SSSR count). The summed E-state index contributed by atoms with van der Waals surface area (Å²) >= 11 is 0. The molecule has 31 heavy (non-hydrogen) atoms. The highest BCUT2D eigenvalue weighted by Gasteiger charge is 2.39. The summed E-state index contributed by atoms with van der Waals surface area (Å²) in [6.07, 6.45) is 4.09. The van der Waals surface area contributed by atoms with E-state index in [1.54, 1.807) is 6.20 Å². The van der Waals surface area contributed by atoms with Crippen molar-refractivity contribution in [1.82, 2.24) is 30.3 Å². The van der Waals surface area contributed by atoms with Crippen LogP contribution in [0.2, 0.25) is 0 Å². The van der Waals surface area contributed by atoms with Crippen molar-refractivity contribution in [3.63, 3.8) is 0 Å². The van der Waals surface area contributed by atoms with Gasteiger partial charge in [0.1, 0.15) is 11.6 Å².